The molecule has 2 heterocycles. The molecule has 27 heavy (non-hydrogen) atoms. The van der Waals surface area contributed by atoms with Crippen LogP contribution in [0.5, 0.6) is 0 Å². The minimum absolute atomic E-state index is 0.129. The number of amides is 1. The zero-order chi connectivity index (χ0) is 19.4. The maximum atomic E-state index is 12.9. The SMILES string of the molecule is CNCC(=O)N1CCC[C@@H](N2CCN(c3cccc(C(F)(F)F)c3)CC2)C1. The Labute approximate surface area is 158 Å². The highest BCUT2D eigenvalue weighted by atomic mass is 19.4. The van der Waals surface area contributed by atoms with Crippen LogP contribution in [-0.2, 0) is 11.0 Å². The third-order valence-corrected chi connectivity index (χ3v) is 5.45. The van der Waals surface area contributed by atoms with Gasteiger partial charge in [-0.05, 0) is 38.1 Å². The summed E-state index contributed by atoms with van der Waals surface area (Å²) in [5, 5.41) is 2.91. The molecular weight excluding hydrogens is 357 g/mol. The van der Waals surface area contributed by atoms with E-state index in [1.807, 2.05) is 9.80 Å². The van der Waals surface area contributed by atoms with E-state index >= 15 is 0 Å². The molecule has 5 nitrogen and oxygen atoms in total. The van der Waals surface area contributed by atoms with E-state index in [1.165, 1.54) is 12.1 Å². The number of hydrogen-bond acceptors (Lipinski definition) is 4. The maximum absolute atomic E-state index is 12.9. The molecule has 0 spiro atoms. The molecule has 0 unspecified atom stereocenters. The standard InChI is InChI=1S/C19H27F3N4O/c1-23-13-18(27)26-7-3-6-17(14-26)25-10-8-24(9-11-25)16-5-2-4-15(12-16)19(20,21)22/h2,4-5,12,17,23H,3,6-11,13-14H2,1H3/t17-/m1/s1. The smallest absolute Gasteiger partial charge is 0.369 e. The van der Waals surface area contributed by atoms with Crippen LogP contribution in [0.1, 0.15) is 18.4 Å². The molecule has 3 rings (SSSR count). The van der Waals surface area contributed by atoms with Crippen molar-refractivity contribution in [2.24, 2.45) is 0 Å². The zero-order valence-corrected chi connectivity index (χ0v) is 15.6. The molecule has 0 aromatic heterocycles. The lowest BCUT2D eigenvalue weighted by Crippen LogP contribution is -2.56. The lowest BCUT2D eigenvalue weighted by molar-refractivity contribution is -0.137. The predicted octanol–water partition coefficient (Wildman–Crippen LogP) is 2.04. The van der Waals surface area contributed by atoms with Gasteiger partial charge in [-0.3, -0.25) is 9.69 Å². The van der Waals surface area contributed by atoms with E-state index in [0.29, 0.717) is 31.4 Å². The molecule has 0 saturated carbocycles. The van der Waals surface area contributed by atoms with Crippen LogP contribution in [0, 0.1) is 0 Å². The van der Waals surface area contributed by atoms with Gasteiger partial charge >= 0.3 is 6.18 Å². The van der Waals surface area contributed by atoms with E-state index in [0.717, 1.165) is 45.1 Å². The summed E-state index contributed by atoms with van der Waals surface area (Å²) in [6.45, 7) is 4.90. The first-order valence-corrected chi connectivity index (χ1v) is 9.47. The van der Waals surface area contributed by atoms with E-state index < -0.39 is 11.7 Å². The molecule has 150 valence electrons. The molecule has 2 fully saturated rings. The van der Waals surface area contributed by atoms with E-state index in [9.17, 15) is 18.0 Å². The van der Waals surface area contributed by atoms with Crippen molar-refractivity contribution in [3.8, 4) is 0 Å². The first kappa shape index (κ1) is 19.9. The van der Waals surface area contributed by atoms with Gasteiger partial charge in [-0.15, -0.1) is 0 Å². The van der Waals surface area contributed by atoms with Gasteiger partial charge in [0.05, 0.1) is 12.1 Å². The third-order valence-electron chi connectivity index (χ3n) is 5.45. The van der Waals surface area contributed by atoms with Crippen molar-refractivity contribution >= 4 is 11.6 Å². The Balaban J connectivity index is 1.57. The lowest BCUT2D eigenvalue weighted by atomic mass is 10.0. The van der Waals surface area contributed by atoms with Crippen molar-refractivity contribution in [2.45, 2.75) is 25.1 Å². The third kappa shape index (κ3) is 4.93. The number of anilines is 1. The van der Waals surface area contributed by atoms with Gasteiger partial charge in [0, 0.05) is 51.0 Å². The Morgan fingerprint density at radius 1 is 1.19 bits per heavy atom. The summed E-state index contributed by atoms with van der Waals surface area (Å²) in [6, 6.07) is 5.89. The summed E-state index contributed by atoms with van der Waals surface area (Å²) in [5.41, 5.74) is 0.0207. The summed E-state index contributed by atoms with van der Waals surface area (Å²) in [7, 11) is 1.77. The summed E-state index contributed by atoms with van der Waals surface area (Å²) in [4.78, 5) is 18.4. The van der Waals surface area contributed by atoms with Crippen LogP contribution in [0.25, 0.3) is 0 Å². The van der Waals surface area contributed by atoms with Crippen molar-refractivity contribution in [3.63, 3.8) is 0 Å². The fourth-order valence-corrected chi connectivity index (χ4v) is 3.97. The highest BCUT2D eigenvalue weighted by molar-refractivity contribution is 5.78. The molecule has 2 aliphatic rings. The highest BCUT2D eigenvalue weighted by Crippen LogP contribution is 2.32. The number of likely N-dealkylation sites (tertiary alicyclic amines) is 1. The molecule has 1 aromatic rings. The number of piperidine rings is 1. The van der Waals surface area contributed by atoms with Crippen LogP contribution in [0.3, 0.4) is 0 Å². The van der Waals surface area contributed by atoms with Gasteiger partial charge in [-0.25, -0.2) is 0 Å². The number of hydrogen-bond donors (Lipinski definition) is 1. The second kappa shape index (κ2) is 8.48. The Bertz CT molecular complexity index is 644. The van der Waals surface area contributed by atoms with E-state index in [4.69, 9.17) is 0 Å². The largest absolute Gasteiger partial charge is 0.416 e. The Morgan fingerprint density at radius 2 is 1.93 bits per heavy atom. The summed E-state index contributed by atoms with van der Waals surface area (Å²) < 4.78 is 38.8. The summed E-state index contributed by atoms with van der Waals surface area (Å²) >= 11 is 0. The number of nitrogens with zero attached hydrogens (tertiary/aromatic N) is 3. The minimum atomic E-state index is -4.32. The van der Waals surface area contributed by atoms with Gasteiger partial charge in [0.15, 0.2) is 0 Å². The van der Waals surface area contributed by atoms with Crippen molar-refractivity contribution < 1.29 is 18.0 Å². The van der Waals surface area contributed by atoms with Gasteiger partial charge in [0.2, 0.25) is 5.91 Å². The van der Waals surface area contributed by atoms with Gasteiger partial charge in [0.1, 0.15) is 0 Å². The van der Waals surface area contributed by atoms with Crippen molar-refractivity contribution in [1.82, 2.24) is 15.1 Å². The fraction of sp³-hybridized carbons (Fsp3) is 0.632. The summed E-state index contributed by atoms with van der Waals surface area (Å²) in [6.07, 6.45) is -2.26. The van der Waals surface area contributed by atoms with Crippen LogP contribution >= 0.6 is 0 Å². The number of likely N-dealkylation sites (N-methyl/N-ethyl adjacent to an activating group) is 1. The number of rotatable bonds is 4. The van der Waals surface area contributed by atoms with Crippen molar-refractivity contribution in [1.29, 1.82) is 0 Å². The molecule has 1 amide bonds. The van der Waals surface area contributed by atoms with Crippen LogP contribution in [0.4, 0.5) is 18.9 Å². The zero-order valence-electron chi connectivity index (χ0n) is 15.6. The van der Waals surface area contributed by atoms with Crippen LogP contribution in [-0.4, -0.2) is 74.6 Å². The lowest BCUT2D eigenvalue weighted by Gasteiger charge is -2.44. The van der Waals surface area contributed by atoms with Crippen LogP contribution < -0.4 is 10.2 Å². The topological polar surface area (TPSA) is 38.8 Å². The molecular formula is C19H27F3N4O. The van der Waals surface area contributed by atoms with E-state index in [2.05, 4.69) is 10.2 Å². The van der Waals surface area contributed by atoms with Gasteiger partial charge in [0.25, 0.3) is 0 Å². The molecule has 0 bridgehead atoms. The Hall–Kier alpha value is -1.80. The fourth-order valence-electron chi connectivity index (χ4n) is 3.97. The second-order valence-electron chi connectivity index (χ2n) is 7.24. The molecule has 2 aliphatic heterocycles. The Morgan fingerprint density at radius 3 is 2.59 bits per heavy atom. The Kier molecular flexibility index (Phi) is 6.26. The number of alkyl halides is 3. The molecule has 1 atom stereocenters. The van der Waals surface area contributed by atoms with E-state index in [-0.39, 0.29) is 5.91 Å². The van der Waals surface area contributed by atoms with Gasteiger partial charge in [-0.1, -0.05) is 6.07 Å². The van der Waals surface area contributed by atoms with Gasteiger partial charge in [-0.2, -0.15) is 13.2 Å². The number of carbonyl (C=O) groups excluding carboxylic acids is 1. The van der Waals surface area contributed by atoms with Crippen LogP contribution in [0.15, 0.2) is 24.3 Å². The van der Waals surface area contributed by atoms with Crippen molar-refractivity contribution in [3.05, 3.63) is 29.8 Å². The molecule has 0 radical (unpaired) electrons. The first-order chi connectivity index (χ1) is 12.9. The molecule has 0 aliphatic carbocycles. The van der Waals surface area contributed by atoms with Gasteiger partial charge < -0.3 is 15.1 Å². The van der Waals surface area contributed by atoms with Crippen LogP contribution in [0.2, 0.25) is 0 Å². The normalized spacial score (nSPS) is 22.1. The average molecular weight is 384 g/mol. The number of nitrogens with one attached hydrogen (secondary N) is 1. The first-order valence-electron chi connectivity index (χ1n) is 9.47. The minimum Gasteiger partial charge on any atom is -0.369 e. The molecule has 8 heteroatoms. The number of piperazine rings is 1. The molecule has 1 aromatic carbocycles. The predicted molar refractivity (Wildman–Crippen MR) is 98.8 cm³/mol. The summed E-state index contributed by atoms with van der Waals surface area (Å²) in [5.74, 6) is 0.129. The number of carbonyl (C=O) groups is 1. The molecule has 1 N–H and O–H groups in total. The number of halogens is 3. The van der Waals surface area contributed by atoms with E-state index in [1.54, 1.807) is 13.1 Å². The number of benzene rings is 1. The second-order valence-corrected chi connectivity index (χ2v) is 7.24. The average Bonchev–Trinajstić information content (AvgIpc) is 2.68. The monoisotopic (exact) mass is 384 g/mol. The quantitative estimate of drug-likeness (QED) is 0.862. The van der Waals surface area contributed by atoms with Crippen molar-refractivity contribution in [2.75, 3.05) is 57.8 Å². The maximum Gasteiger partial charge on any atom is 0.416 e. The molecule has 2 saturated heterocycles. The highest BCUT2D eigenvalue weighted by Gasteiger charge is 2.32.